The summed E-state index contributed by atoms with van der Waals surface area (Å²) in [5.74, 6) is 0. The highest BCUT2D eigenvalue weighted by Gasteiger charge is 2.19. The number of nitrogens with zero attached hydrogens (tertiary/aromatic N) is 1. The van der Waals surface area contributed by atoms with Gasteiger partial charge < -0.3 is 0 Å². The zero-order chi connectivity index (χ0) is 15.2. The number of benzene rings is 4. The van der Waals surface area contributed by atoms with E-state index in [0.717, 1.165) is 11.4 Å². The lowest BCUT2D eigenvalue weighted by atomic mass is 9.95. The topological polar surface area (TPSA) is 14.1 Å². The van der Waals surface area contributed by atoms with Gasteiger partial charge in [-0.2, -0.15) is 0 Å². The van der Waals surface area contributed by atoms with Crippen LogP contribution in [0.1, 0.15) is 0 Å². The Labute approximate surface area is 135 Å². The van der Waals surface area contributed by atoms with Crippen LogP contribution in [0, 0.1) is 0 Å². The molecule has 0 saturated heterocycles. The van der Waals surface area contributed by atoms with Gasteiger partial charge in [-0.05, 0) is 40.1 Å². The van der Waals surface area contributed by atoms with Gasteiger partial charge in [0, 0.05) is 11.1 Å². The van der Waals surface area contributed by atoms with Gasteiger partial charge in [0.05, 0.1) is 11.4 Å². The molecule has 0 spiro atoms. The summed E-state index contributed by atoms with van der Waals surface area (Å²) in [6.07, 6.45) is 0. The van der Waals surface area contributed by atoms with Crippen molar-refractivity contribution in [1.82, 2.24) is 5.32 Å². The van der Waals surface area contributed by atoms with E-state index in [0.29, 0.717) is 0 Å². The lowest BCUT2D eigenvalue weighted by molar-refractivity contribution is 1.24. The second-order valence-corrected chi connectivity index (χ2v) is 5.89. The van der Waals surface area contributed by atoms with Crippen LogP contribution in [-0.4, -0.2) is 0 Å². The number of para-hydroxylation sites is 1. The van der Waals surface area contributed by atoms with Gasteiger partial charge in [-0.1, -0.05) is 66.7 Å². The lowest BCUT2D eigenvalue weighted by Crippen LogP contribution is -1.84. The molecule has 0 saturated carbocycles. The van der Waals surface area contributed by atoms with Crippen LogP contribution in [0.5, 0.6) is 0 Å². The molecule has 4 aromatic rings. The molecule has 4 aromatic carbocycles. The summed E-state index contributed by atoms with van der Waals surface area (Å²) >= 11 is 0. The van der Waals surface area contributed by atoms with E-state index < -0.39 is 0 Å². The summed E-state index contributed by atoms with van der Waals surface area (Å²) in [6.45, 7) is 0. The Morgan fingerprint density at radius 3 is 2.26 bits per heavy atom. The quantitative estimate of drug-likeness (QED) is 0.357. The van der Waals surface area contributed by atoms with Gasteiger partial charge in [0.1, 0.15) is 0 Å². The molecule has 107 valence electrons. The van der Waals surface area contributed by atoms with E-state index in [-0.39, 0.29) is 0 Å². The molecular weight excluding hydrogens is 278 g/mol. The predicted octanol–water partition coefficient (Wildman–Crippen LogP) is 6.05. The Kier molecular flexibility index (Phi) is 2.56. The van der Waals surface area contributed by atoms with Gasteiger partial charge in [-0.3, -0.25) is 0 Å². The molecule has 0 aliphatic carbocycles. The Hall–Kier alpha value is -3.06. The second-order valence-electron chi connectivity index (χ2n) is 5.89. The van der Waals surface area contributed by atoms with Crippen LogP contribution < -0.4 is 5.32 Å². The van der Waals surface area contributed by atoms with E-state index in [2.05, 4.69) is 78.9 Å². The maximum atomic E-state index is 4.71. The molecule has 0 N–H and O–H groups in total. The molecule has 1 heteroatoms. The minimum Gasteiger partial charge on any atom is -0.248 e. The van der Waals surface area contributed by atoms with Crippen LogP contribution in [0.15, 0.2) is 84.9 Å². The average Bonchev–Trinajstić information content (AvgIpc) is 2.99. The van der Waals surface area contributed by atoms with Crippen LogP contribution in [0.2, 0.25) is 0 Å². The van der Waals surface area contributed by atoms with E-state index in [1.807, 2.05) is 6.07 Å². The molecule has 1 aliphatic heterocycles. The fourth-order valence-corrected chi connectivity index (χ4v) is 3.42. The molecule has 0 amide bonds. The molecule has 0 unspecified atom stereocenters. The molecule has 0 atom stereocenters. The number of hydrogen-bond donors (Lipinski definition) is 0. The van der Waals surface area contributed by atoms with Gasteiger partial charge in [0.15, 0.2) is 0 Å². The van der Waals surface area contributed by atoms with Gasteiger partial charge in [-0.25, -0.2) is 5.32 Å². The Morgan fingerprint density at radius 1 is 0.522 bits per heavy atom. The molecular formula is C22H14N. The fraction of sp³-hybridized carbons (Fsp3) is 0. The highest BCUT2D eigenvalue weighted by atomic mass is 14.9. The summed E-state index contributed by atoms with van der Waals surface area (Å²) in [5, 5.41) is 7.28. The van der Waals surface area contributed by atoms with Gasteiger partial charge >= 0.3 is 0 Å². The van der Waals surface area contributed by atoms with Gasteiger partial charge in [0.25, 0.3) is 0 Å². The zero-order valence-electron chi connectivity index (χ0n) is 12.5. The maximum Gasteiger partial charge on any atom is 0.0716 e. The summed E-state index contributed by atoms with van der Waals surface area (Å²) in [5.41, 5.74) is 7.10. The van der Waals surface area contributed by atoms with E-state index in [1.54, 1.807) is 0 Å². The molecule has 0 fully saturated rings. The van der Waals surface area contributed by atoms with E-state index in [9.17, 15) is 0 Å². The highest BCUT2D eigenvalue weighted by molar-refractivity contribution is 5.99. The summed E-state index contributed by atoms with van der Waals surface area (Å²) in [6, 6.07) is 30.0. The predicted molar refractivity (Wildman–Crippen MR) is 96.3 cm³/mol. The van der Waals surface area contributed by atoms with Gasteiger partial charge in [-0.15, -0.1) is 0 Å². The number of rotatable bonds is 1. The van der Waals surface area contributed by atoms with Crippen molar-refractivity contribution in [3.63, 3.8) is 0 Å². The first-order chi connectivity index (χ1) is 11.4. The van der Waals surface area contributed by atoms with Crippen molar-refractivity contribution >= 4 is 22.1 Å². The van der Waals surface area contributed by atoms with Crippen LogP contribution in [-0.2, 0) is 0 Å². The molecule has 23 heavy (non-hydrogen) atoms. The summed E-state index contributed by atoms with van der Waals surface area (Å²) in [4.78, 5) is 0. The van der Waals surface area contributed by atoms with Crippen molar-refractivity contribution < 1.29 is 0 Å². The van der Waals surface area contributed by atoms with Gasteiger partial charge in [0.2, 0.25) is 0 Å². The molecule has 1 nitrogen and oxygen atoms in total. The Bertz CT molecular complexity index is 1040. The normalized spacial score (nSPS) is 11.8. The van der Waals surface area contributed by atoms with Crippen molar-refractivity contribution in [3.8, 4) is 22.3 Å². The first kappa shape index (κ1) is 12.5. The molecule has 5 rings (SSSR count). The summed E-state index contributed by atoms with van der Waals surface area (Å²) in [7, 11) is 0. The third-order valence-electron chi connectivity index (χ3n) is 4.53. The van der Waals surface area contributed by atoms with Crippen molar-refractivity contribution in [1.29, 1.82) is 0 Å². The van der Waals surface area contributed by atoms with Crippen LogP contribution >= 0.6 is 0 Å². The Morgan fingerprint density at radius 2 is 1.26 bits per heavy atom. The lowest BCUT2D eigenvalue weighted by Gasteiger charge is -2.08. The minimum absolute atomic E-state index is 1.06. The molecule has 1 heterocycles. The molecule has 0 bridgehead atoms. The standard InChI is InChI=1S/C22H14N/c1-2-8-17-15(6-1)7-5-10-18(17)16-12-13-22-20(14-16)19-9-3-4-11-21(19)23-22/h1-14H. The third-order valence-corrected chi connectivity index (χ3v) is 4.53. The van der Waals surface area contributed by atoms with E-state index >= 15 is 0 Å². The highest BCUT2D eigenvalue weighted by Crippen LogP contribution is 2.44. The van der Waals surface area contributed by atoms with Crippen molar-refractivity contribution in [2.24, 2.45) is 0 Å². The second kappa shape index (κ2) is 4.72. The first-order valence-corrected chi connectivity index (χ1v) is 7.83. The molecule has 1 radical (unpaired) electrons. The molecule has 1 aliphatic rings. The van der Waals surface area contributed by atoms with E-state index in [1.165, 1.54) is 33.0 Å². The Balaban J connectivity index is 1.74. The van der Waals surface area contributed by atoms with Crippen molar-refractivity contribution in [2.45, 2.75) is 0 Å². The minimum atomic E-state index is 1.06. The largest absolute Gasteiger partial charge is 0.248 e. The third kappa shape index (κ3) is 1.87. The first-order valence-electron chi connectivity index (χ1n) is 7.83. The average molecular weight is 292 g/mol. The fourth-order valence-electron chi connectivity index (χ4n) is 3.42. The number of hydrogen-bond acceptors (Lipinski definition) is 0. The van der Waals surface area contributed by atoms with Crippen LogP contribution in [0.4, 0.5) is 11.4 Å². The van der Waals surface area contributed by atoms with Crippen LogP contribution in [0.3, 0.4) is 0 Å². The maximum absolute atomic E-state index is 4.71. The van der Waals surface area contributed by atoms with Crippen LogP contribution in [0.25, 0.3) is 33.0 Å². The molecule has 0 aromatic heterocycles. The van der Waals surface area contributed by atoms with Crippen molar-refractivity contribution in [2.75, 3.05) is 0 Å². The number of fused-ring (bicyclic) bond motifs is 4. The monoisotopic (exact) mass is 292 g/mol. The van der Waals surface area contributed by atoms with Crippen molar-refractivity contribution in [3.05, 3.63) is 84.9 Å². The smallest absolute Gasteiger partial charge is 0.0716 e. The summed E-state index contributed by atoms with van der Waals surface area (Å²) < 4.78 is 0. The SMILES string of the molecule is c1ccc2c(c1)[N]c1ccc(-c3cccc4ccccc34)cc1-2. The zero-order valence-corrected chi connectivity index (χ0v) is 12.5. The van der Waals surface area contributed by atoms with E-state index in [4.69, 9.17) is 5.32 Å².